The second-order valence-corrected chi connectivity index (χ2v) is 2.58. The second kappa shape index (κ2) is 6.96. The lowest BCUT2D eigenvalue weighted by Gasteiger charge is -2.05. The Balaban J connectivity index is 2.77. The van der Waals surface area contributed by atoms with Crippen molar-refractivity contribution in [2.24, 2.45) is 5.73 Å². The molecule has 62 valence electrons. The van der Waals surface area contributed by atoms with Crippen molar-refractivity contribution in [1.82, 2.24) is 5.32 Å². The van der Waals surface area contributed by atoms with Crippen molar-refractivity contribution in [3.05, 3.63) is 0 Å². The van der Waals surface area contributed by atoms with E-state index in [-0.39, 0.29) is 12.7 Å². The van der Waals surface area contributed by atoms with Crippen molar-refractivity contribution in [2.75, 3.05) is 19.8 Å². The Morgan fingerprint density at radius 1 is 1.50 bits per heavy atom. The topological polar surface area (TPSA) is 38.0 Å². The summed E-state index contributed by atoms with van der Waals surface area (Å²) in [6.45, 7) is 3.44. The summed E-state index contributed by atoms with van der Waals surface area (Å²) in [6, 6.07) is 0.199. The molecule has 0 aliphatic heterocycles. The van der Waals surface area contributed by atoms with Gasteiger partial charge in [-0.25, -0.2) is 0 Å². The average molecular weight is 148 g/mol. The van der Waals surface area contributed by atoms with Crippen LogP contribution >= 0.6 is 0 Å². The fourth-order valence-electron chi connectivity index (χ4n) is 0.674. The highest BCUT2D eigenvalue weighted by atomic mass is 19.1. The van der Waals surface area contributed by atoms with Gasteiger partial charge >= 0.3 is 0 Å². The lowest BCUT2D eigenvalue weighted by Crippen LogP contribution is -2.31. The van der Waals surface area contributed by atoms with Crippen LogP contribution in [0.25, 0.3) is 0 Å². The number of nitrogens with two attached hydrogens (primary N) is 1. The molecular formula is C7H17FN2. The summed E-state index contributed by atoms with van der Waals surface area (Å²) in [5.41, 5.74) is 5.47. The number of nitrogens with one attached hydrogen (secondary N) is 1. The molecule has 2 nitrogen and oxygen atoms in total. The highest BCUT2D eigenvalue weighted by Gasteiger charge is 1.91. The van der Waals surface area contributed by atoms with Gasteiger partial charge in [-0.15, -0.1) is 0 Å². The van der Waals surface area contributed by atoms with E-state index >= 15 is 0 Å². The highest BCUT2D eigenvalue weighted by Crippen LogP contribution is 1.86. The molecule has 3 N–H and O–H groups in total. The third-order valence-electron chi connectivity index (χ3n) is 1.20. The van der Waals surface area contributed by atoms with Crippen LogP contribution in [-0.2, 0) is 0 Å². The molecule has 0 amide bonds. The quantitative estimate of drug-likeness (QED) is 0.543. The van der Waals surface area contributed by atoms with Gasteiger partial charge in [-0.05, 0) is 26.3 Å². The van der Waals surface area contributed by atoms with Gasteiger partial charge in [-0.1, -0.05) is 0 Å². The zero-order valence-corrected chi connectivity index (χ0v) is 6.57. The normalized spacial score (nSPS) is 13.5. The number of halogens is 1. The van der Waals surface area contributed by atoms with Gasteiger partial charge in [0.2, 0.25) is 0 Å². The average Bonchev–Trinajstić information content (AvgIpc) is 1.87. The van der Waals surface area contributed by atoms with E-state index in [1.54, 1.807) is 0 Å². The van der Waals surface area contributed by atoms with E-state index in [0.29, 0.717) is 6.42 Å². The van der Waals surface area contributed by atoms with E-state index in [2.05, 4.69) is 5.32 Å². The Bertz CT molecular complexity index is 66.6. The summed E-state index contributed by atoms with van der Waals surface area (Å²) in [6.07, 6.45) is 1.56. The summed E-state index contributed by atoms with van der Waals surface area (Å²) in [4.78, 5) is 0. The van der Waals surface area contributed by atoms with Gasteiger partial charge in [0.1, 0.15) is 0 Å². The minimum absolute atomic E-state index is 0.199. The van der Waals surface area contributed by atoms with Crippen molar-refractivity contribution in [1.29, 1.82) is 0 Å². The minimum atomic E-state index is -0.208. The predicted octanol–water partition coefficient (Wildman–Crippen LogP) is 0.673. The van der Waals surface area contributed by atoms with Crippen molar-refractivity contribution in [2.45, 2.75) is 25.8 Å². The summed E-state index contributed by atoms with van der Waals surface area (Å²) >= 11 is 0. The summed E-state index contributed by atoms with van der Waals surface area (Å²) in [5, 5.41) is 3.13. The molecule has 0 spiro atoms. The molecule has 0 radical (unpaired) electrons. The van der Waals surface area contributed by atoms with E-state index in [9.17, 15) is 4.39 Å². The first-order valence-electron chi connectivity index (χ1n) is 3.79. The molecular weight excluding hydrogens is 131 g/mol. The van der Waals surface area contributed by atoms with E-state index in [1.807, 2.05) is 6.92 Å². The van der Waals surface area contributed by atoms with Gasteiger partial charge in [-0.2, -0.15) is 0 Å². The van der Waals surface area contributed by atoms with Crippen LogP contribution in [0.4, 0.5) is 4.39 Å². The van der Waals surface area contributed by atoms with E-state index < -0.39 is 0 Å². The van der Waals surface area contributed by atoms with Gasteiger partial charge in [0.05, 0.1) is 6.67 Å². The molecule has 0 aromatic heterocycles. The molecule has 0 saturated carbocycles. The summed E-state index contributed by atoms with van der Waals surface area (Å²) < 4.78 is 11.5. The van der Waals surface area contributed by atoms with Gasteiger partial charge in [-0.3, -0.25) is 4.39 Å². The zero-order chi connectivity index (χ0) is 7.82. The van der Waals surface area contributed by atoms with Gasteiger partial charge in [0.15, 0.2) is 0 Å². The van der Waals surface area contributed by atoms with Crippen LogP contribution in [0.1, 0.15) is 19.8 Å². The first-order chi connectivity index (χ1) is 4.77. The molecule has 0 aromatic carbocycles. The lowest BCUT2D eigenvalue weighted by atomic mass is 10.3. The Morgan fingerprint density at radius 3 is 2.70 bits per heavy atom. The lowest BCUT2D eigenvalue weighted by molar-refractivity contribution is 0.453. The molecule has 10 heavy (non-hydrogen) atoms. The SMILES string of the molecule is CC(N)CNCCCCF. The molecule has 0 aliphatic carbocycles. The van der Waals surface area contributed by atoms with Gasteiger partial charge in [0.25, 0.3) is 0 Å². The maximum absolute atomic E-state index is 11.5. The third kappa shape index (κ3) is 7.85. The van der Waals surface area contributed by atoms with Crippen molar-refractivity contribution in [3.8, 4) is 0 Å². The molecule has 1 atom stereocenters. The van der Waals surface area contributed by atoms with Crippen LogP contribution in [0.2, 0.25) is 0 Å². The molecule has 1 unspecified atom stereocenters. The zero-order valence-electron chi connectivity index (χ0n) is 6.57. The van der Waals surface area contributed by atoms with E-state index in [1.165, 1.54) is 0 Å². The maximum atomic E-state index is 11.5. The smallest absolute Gasteiger partial charge is 0.0894 e. The standard InChI is InChI=1S/C7H17FN2/c1-7(9)6-10-5-3-2-4-8/h7,10H,2-6,9H2,1H3. The van der Waals surface area contributed by atoms with Gasteiger partial charge in [0, 0.05) is 12.6 Å². The van der Waals surface area contributed by atoms with Crippen LogP contribution in [0.5, 0.6) is 0 Å². The van der Waals surface area contributed by atoms with Crippen LogP contribution < -0.4 is 11.1 Å². The Labute approximate surface area is 62.0 Å². The molecule has 3 heteroatoms. The maximum Gasteiger partial charge on any atom is 0.0894 e. The summed E-state index contributed by atoms with van der Waals surface area (Å²) in [7, 11) is 0. The molecule has 0 saturated heterocycles. The number of unbranched alkanes of at least 4 members (excludes halogenated alkanes) is 1. The number of hydrogen-bond acceptors (Lipinski definition) is 2. The number of hydrogen-bond donors (Lipinski definition) is 2. The fraction of sp³-hybridized carbons (Fsp3) is 1.00. The van der Waals surface area contributed by atoms with Crippen LogP contribution in [0, 0.1) is 0 Å². The fourth-order valence-corrected chi connectivity index (χ4v) is 0.674. The second-order valence-electron chi connectivity index (χ2n) is 2.58. The van der Waals surface area contributed by atoms with Crippen molar-refractivity contribution >= 4 is 0 Å². The number of rotatable bonds is 6. The van der Waals surface area contributed by atoms with Crippen molar-refractivity contribution in [3.63, 3.8) is 0 Å². The Kier molecular flexibility index (Phi) is 6.86. The predicted molar refractivity (Wildman–Crippen MR) is 41.7 cm³/mol. The Hall–Kier alpha value is -0.150. The molecule has 0 aromatic rings. The number of alkyl halides is 1. The van der Waals surface area contributed by atoms with E-state index in [0.717, 1.165) is 19.5 Å². The molecule has 0 aliphatic rings. The largest absolute Gasteiger partial charge is 0.327 e. The first kappa shape index (κ1) is 9.85. The first-order valence-corrected chi connectivity index (χ1v) is 3.79. The highest BCUT2D eigenvalue weighted by molar-refractivity contribution is 4.56. The Morgan fingerprint density at radius 2 is 2.20 bits per heavy atom. The van der Waals surface area contributed by atoms with E-state index in [4.69, 9.17) is 5.73 Å². The van der Waals surface area contributed by atoms with Gasteiger partial charge < -0.3 is 11.1 Å². The summed E-state index contributed by atoms with van der Waals surface area (Å²) in [5.74, 6) is 0. The molecule has 0 bridgehead atoms. The van der Waals surface area contributed by atoms with Crippen LogP contribution in [0.15, 0.2) is 0 Å². The third-order valence-corrected chi connectivity index (χ3v) is 1.20. The van der Waals surface area contributed by atoms with Crippen molar-refractivity contribution < 1.29 is 4.39 Å². The minimum Gasteiger partial charge on any atom is -0.327 e. The molecule has 0 rings (SSSR count). The molecule has 0 fully saturated rings. The molecule has 0 heterocycles. The monoisotopic (exact) mass is 148 g/mol. The van der Waals surface area contributed by atoms with Crippen LogP contribution in [-0.4, -0.2) is 25.8 Å². The van der Waals surface area contributed by atoms with Crippen LogP contribution in [0.3, 0.4) is 0 Å².